The standard InChI is InChI=1S/C18H24N4O3/c1-13-3-5-25-17(13)18(23)22-11-15-10-21(4-6-24-16(15)12-22)9-14-7-19-20(2)8-14/h3,5,7-8,15-16H,4,6,9-12H2,1-2H3/t15-,16+/m0/s1. The Morgan fingerprint density at radius 1 is 1.36 bits per heavy atom. The Kier molecular flexibility index (Phi) is 4.35. The third-order valence-corrected chi connectivity index (χ3v) is 5.12. The van der Waals surface area contributed by atoms with Crippen molar-refractivity contribution in [2.45, 2.75) is 19.6 Å². The van der Waals surface area contributed by atoms with Gasteiger partial charge in [0.15, 0.2) is 5.76 Å². The van der Waals surface area contributed by atoms with Crippen LogP contribution in [0.2, 0.25) is 0 Å². The molecule has 0 aliphatic carbocycles. The van der Waals surface area contributed by atoms with E-state index in [4.69, 9.17) is 9.15 Å². The molecule has 0 aromatic carbocycles. The van der Waals surface area contributed by atoms with Crippen molar-refractivity contribution in [1.82, 2.24) is 19.6 Å². The zero-order valence-corrected chi connectivity index (χ0v) is 14.7. The number of amides is 1. The van der Waals surface area contributed by atoms with E-state index < -0.39 is 0 Å². The molecule has 2 saturated heterocycles. The summed E-state index contributed by atoms with van der Waals surface area (Å²) < 4.78 is 13.2. The van der Waals surface area contributed by atoms with Crippen LogP contribution in [0.5, 0.6) is 0 Å². The second kappa shape index (κ2) is 6.65. The molecule has 2 fully saturated rings. The van der Waals surface area contributed by atoms with Gasteiger partial charge in [-0.1, -0.05) is 0 Å². The van der Waals surface area contributed by atoms with E-state index in [9.17, 15) is 4.79 Å². The average Bonchev–Trinajstić information content (AvgIpc) is 3.26. The molecule has 4 heterocycles. The molecule has 7 heteroatoms. The van der Waals surface area contributed by atoms with Crippen LogP contribution in [-0.4, -0.2) is 64.4 Å². The minimum absolute atomic E-state index is 0.0296. The van der Waals surface area contributed by atoms with E-state index >= 15 is 0 Å². The Hall–Kier alpha value is -2.12. The Bertz CT molecular complexity index is 753. The molecule has 2 aromatic rings. The third-order valence-electron chi connectivity index (χ3n) is 5.12. The SMILES string of the molecule is Cc1ccoc1C(=O)N1C[C@@H]2CN(Cc3cnn(C)c3)CCO[C@@H]2C1. The van der Waals surface area contributed by atoms with Gasteiger partial charge < -0.3 is 14.1 Å². The predicted molar refractivity (Wildman–Crippen MR) is 91.1 cm³/mol. The minimum atomic E-state index is -0.0296. The first-order chi connectivity index (χ1) is 12.1. The lowest BCUT2D eigenvalue weighted by Crippen LogP contribution is -2.33. The highest BCUT2D eigenvalue weighted by Gasteiger charge is 2.39. The number of likely N-dealkylation sites (tertiary alicyclic amines) is 1. The van der Waals surface area contributed by atoms with Gasteiger partial charge in [-0.3, -0.25) is 14.4 Å². The highest BCUT2D eigenvalue weighted by Crippen LogP contribution is 2.26. The van der Waals surface area contributed by atoms with Crippen LogP contribution in [0.1, 0.15) is 21.7 Å². The van der Waals surface area contributed by atoms with Gasteiger partial charge in [-0.05, 0) is 13.0 Å². The van der Waals surface area contributed by atoms with Gasteiger partial charge in [0.2, 0.25) is 0 Å². The van der Waals surface area contributed by atoms with Crippen molar-refractivity contribution in [1.29, 1.82) is 0 Å². The molecule has 0 saturated carbocycles. The van der Waals surface area contributed by atoms with E-state index in [0.29, 0.717) is 31.4 Å². The summed E-state index contributed by atoms with van der Waals surface area (Å²) in [7, 11) is 1.93. The van der Waals surface area contributed by atoms with Gasteiger partial charge in [0.1, 0.15) is 0 Å². The topological polar surface area (TPSA) is 63.7 Å². The van der Waals surface area contributed by atoms with Crippen molar-refractivity contribution >= 4 is 5.91 Å². The van der Waals surface area contributed by atoms with Crippen molar-refractivity contribution in [2.24, 2.45) is 13.0 Å². The molecule has 7 nitrogen and oxygen atoms in total. The number of carbonyl (C=O) groups is 1. The summed E-state index contributed by atoms with van der Waals surface area (Å²) in [5.74, 6) is 0.750. The number of nitrogens with zero attached hydrogens (tertiary/aromatic N) is 4. The summed E-state index contributed by atoms with van der Waals surface area (Å²) in [6.45, 7) is 6.66. The number of rotatable bonds is 3. The maximum atomic E-state index is 12.7. The Morgan fingerprint density at radius 2 is 2.24 bits per heavy atom. The van der Waals surface area contributed by atoms with E-state index in [2.05, 4.69) is 10.00 Å². The number of aryl methyl sites for hydroxylation is 2. The molecule has 25 heavy (non-hydrogen) atoms. The second-order valence-electron chi connectivity index (χ2n) is 7.07. The van der Waals surface area contributed by atoms with Gasteiger partial charge in [0, 0.05) is 63.0 Å². The Balaban J connectivity index is 1.42. The van der Waals surface area contributed by atoms with Crippen LogP contribution in [0.15, 0.2) is 29.1 Å². The maximum Gasteiger partial charge on any atom is 0.289 e. The third kappa shape index (κ3) is 3.34. The molecule has 2 aliphatic heterocycles. The van der Waals surface area contributed by atoms with Crippen molar-refractivity contribution in [3.8, 4) is 0 Å². The highest BCUT2D eigenvalue weighted by atomic mass is 16.5. The lowest BCUT2D eigenvalue weighted by molar-refractivity contribution is 0.0476. The lowest BCUT2D eigenvalue weighted by atomic mass is 10.1. The summed E-state index contributed by atoms with van der Waals surface area (Å²) in [5, 5.41) is 4.24. The average molecular weight is 344 g/mol. The first-order valence-corrected chi connectivity index (χ1v) is 8.75. The van der Waals surface area contributed by atoms with E-state index in [1.807, 2.05) is 42.0 Å². The summed E-state index contributed by atoms with van der Waals surface area (Å²) in [6.07, 6.45) is 5.64. The first-order valence-electron chi connectivity index (χ1n) is 8.75. The van der Waals surface area contributed by atoms with Crippen molar-refractivity contribution in [3.05, 3.63) is 41.6 Å². The van der Waals surface area contributed by atoms with Crippen LogP contribution < -0.4 is 0 Å². The first kappa shape index (κ1) is 16.4. The summed E-state index contributed by atoms with van der Waals surface area (Å²) >= 11 is 0. The molecule has 2 aliphatic rings. The number of ether oxygens (including phenoxy) is 1. The van der Waals surface area contributed by atoms with Gasteiger partial charge >= 0.3 is 0 Å². The van der Waals surface area contributed by atoms with Crippen LogP contribution in [0.4, 0.5) is 0 Å². The fourth-order valence-corrected chi connectivity index (χ4v) is 3.82. The summed E-state index contributed by atoms with van der Waals surface area (Å²) in [5.41, 5.74) is 2.09. The molecule has 0 unspecified atom stereocenters. The molecule has 2 aromatic heterocycles. The van der Waals surface area contributed by atoms with Gasteiger partial charge in [-0.15, -0.1) is 0 Å². The number of hydrogen-bond acceptors (Lipinski definition) is 5. The molecule has 0 bridgehead atoms. The number of hydrogen-bond donors (Lipinski definition) is 0. The maximum absolute atomic E-state index is 12.7. The highest BCUT2D eigenvalue weighted by molar-refractivity contribution is 5.93. The molecular formula is C18H24N4O3. The van der Waals surface area contributed by atoms with Gasteiger partial charge in [-0.2, -0.15) is 5.10 Å². The van der Waals surface area contributed by atoms with Gasteiger partial charge in [0.05, 0.1) is 25.2 Å². The van der Waals surface area contributed by atoms with Crippen LogP contribution in [0.3, 0.4) is 0 Å². The van der Waals surface area contributed by atoms with Crippen molar-refractivity contribution < 1.29 is 13.9 Å². The Labute approximate surface area is 147 Å². The largest absolute Gasteiger partial charge is 0.459 e. The van der Waals surface area contributed by atoms with Gasteiger partial charge in [-0.25, -0.2) is 0 Å². The van der Waals surface area contributed by atoms with E-state index in [1.165, 1.54) is 5.56 Å². The van der Waals surface area contributed by atoms with Crippen LogP contribution in [0.25, 0.3) is 0 Å². The molecule has 0 N–H and O–H groups in total. The molecule has 4 rings (SSSR count). The zero-order chi connectivity index (χ0) is 17.4. The fourth-order valence-electron chi connectivity index (χ4n) is 3.82. The smallest absolute Gasteiger partial charge is 0.289 e. The lowest BCUT2D eigenvalue weighted by Gasteiger charge is -2.22. The van der Waals surface area contributed by atoms with E-state index in [1.54, 1.807) is 6.26 Å². The molecule has 2 atom stereocenters. The number of furan rings is 1. The molecule has 134 valence electrons. The molecule has 0 spiro atoms. The number of fused-ring (bicyclic) bond motifs is 1. The fraction of sp³-hybridized carbons (Fsp3) is 0.556. The quantitative estimate of drug-likeness (QED) is 0.840. The molecule has 0 radical (unpaired) electrons. The number of aromatic nitrogens is 2. The van der Waals surface area contributed by atoms with Crippen LogP contribution in [0, 0.1) is 12.8 Å². The molecule has 1 amide bonds. The second-order valence-corrected chi connectivity index (χ2v) is 7.07. The van der Waals surface area contributed by atoms with Gasteiger partial charge in [0.25, 0.3) is 5.91 Å². The number of carbonyl (C=O) groups excluding carboxylic acids is 1. The normalized spacial score (nSPS) is 24.3. The van der Waals surface area contributed by atoms with Crippen LogP contribution in [-0.2, 0) is 18.3 Å². The Morgan fingerprint density at radius 3 is 2.96 bits per heavy atom. The van der Waals surface area contributed by atoms with E-state index in [0.717, 1.165) is 25.2 Å². The van der Waals surface area contributed by atoms with Crippen molar-refractivity contribution in [3.63, 3.8) is 0 Å². The zero-order valence-electron chi connectivity index (χ0n) is 14.7. The van der Waals surface area contributed by atoms with E-state index in [-0.39, 0.29) is 12.0 Å². The van der Waals surface area contributed by atoms with Crippen molar-refractivity contribution in [2.75, 3.05) is 32.8 Å². The summed E-state index contributed by atoms with van der Waals surface area (Å²) in [4.78, 5) is 17.0. The van der Waals surface area contributed by atoms with Crippen LogP contribution >= 0.6 is 0 Å². The summed E-state index contributed by atoms with van der Waals surface area (Å²) in [6, 6.07) is 1.83. The predicted octanol–water partition coefficient (Wildman–Crippen LogP) is 1.29. The monoisotopic (exact) mass is 344 g/mol. The molecular weight excluding hydrogens is 320 g/mol. The minimum Gasteiger partial charge on any atom is -0.459 e.